The summed E-state index contributed by atoms with van der Waals surface area (Å²) >= 11 is 4.89. The smallest absolute Gasteiger partial charge is 0.263 e. The van der Waals surface area contributed by atoms with Crippen LogP contribution in [0.3, 0.4) is 0 Å². The van der Waals surface area contributed by atoms with Crippen LogP contribution in [-0.4, -0.2) is 31.0 Å². The predicted octanol–water partition coefficient (Wildman–Crippen LogP) is 3.97. The molecule has 2 rings (SSSR count). The molecule has 0 bridgehead atoms. The summed E-state index contributed by atoms with van der Waals surface area (Å²) in [6.07, 6.45) is 0. The highest BCUT2D eigenvalue weighted by molar-refractivity contribution is 9.10. The van der Waals surface area contributed by atoms with Crippen molar-refractivity contribution in [3.8, 4) is 5.75 Å². The number of aryl methyl sites for hydroxylation is 1. The lowest BCUT2D eigenvalue weighted by Gasteiger charge is -2.16. The third-order valence-corrected chi connectivity index (χ3v) is 4.32. The van der Waals surface area contributed by atoms with E-state index in [1.54, 1.807) is 11.9 Å². The lowest BCUT2D eigenvalue weighted by molar-refractivity contribution is 0.0778. The monoisotopic (exact) mass is 353 g/mol. The average Bonchev–Trinajstić information content (AvgIpc) is 2.86. The molecule has 0 saturated heterocycles. The topological polar surface area (TPSA) is 29.5 Å². The van der Waals surface area contributed by atoms with E-state index < -0.39 is 0 Å². The fraction of sp³-hybridized carbons (Fsp3) is 0.267. The normalized spacial score (nSPS) is 10.3. The van der Waals surface area contributed by atoms with Crippen molar-refractivity contribution in [1.82, 2.24) is 4.90 Å². The minimum absolute atomic E-state index is 0.0440. The van der Waals surface area contributed by atoms with E-state index in [0.717, 1.165) is 20.0 Å². The molecule has 0 radical (unpaired) electrons. The highest BCUT2D eigenvalue weighted by Crippen LogP contribution is 2.17. The van der Waals surface area contributed by atoms with Crippen LogP contribution in [0.25, 0.3) is 0 Å². The zero-order valence-electron chi connectivity index (χ0n) is 11.4. The van der Waals surface area contributed by atoms with Crippen LogP contribution < -0.4 is 4.74 Å². The molecule has 1 aromatic carbocycles. The molecule has 106 valence electrons. The Morgan fingerprint density at radius 3 is 2.55 bits per heavy atom. The van der Waals surface area contributed by atoms with Crippen molar-refractivity contribution in [2.24, 2.45) is 0 Å². The molecule has 20 heavy (non-hydrogen) atoms. The lowest BCUT2D eigenvalue weighted by atomic mass is 10.3. The van der Waals surface area contributed by atoms with Crippen molar-refractivity contribution >= 4 is 33.2 Å². The van der Waals surface area contributed by atoms with Gasteiger partial charge >= 0.3 is 0 Å². The second-order valence-electron chi connectivity index (χ2n) is 4.44. The molecule has 0 atom stereocenters. The quantitative estimate of drug-likeness (QED) is 0.813. The fourth-order valence-electron chi connectivity index (χ4n) is 1.67. The number of halogens is 1. The molecule has 0 aliphatic heterocycles. The summed E-state index contributed by atoms with van der Waals surface area (Å²) in [5, 5.41) is 0. The predicted molar refractivity (Wildman–Crippen MR) is 85.7 cm³/mol. The molecular weight excluding hydrogens is 338 g/mol. The molecule has 0 spiro atoms. The number of nitrogens with zero attached hydrogens (tertiary/aromatic N) is 1. The van der Waals surface area contributed by atoms with E-state index in [-0.39, 0.29) is 5.91 Å². The van der Waals surface area contributed by atoms with Crippen molar-refractivity contribution < 1.29 is 9.53 Å². The third-order valence-electron chi connectivity index (χ3n) is 2.81. The van der Waals surface area contributed by atoms with E-state index in [4.69, 9.17) is 4.74 Å². The lowest BCUT2D eigenvalue weighted by Crippen LogP contribution is -2.30. The first-order chi connectivity index (χ1) is 9.56. The molecule has 0 aliphatic carbocycles. The maximum atomic E-state index is 12.1. The number of ether oxygens (including phenoxy) is 1. The van der Waals surface area contributed by atoms with Gasteiger partial charge < -0.3 is 9.64 Å². The average molecular weight is 354 g/mol. The SMILES string of the molecule is Cc1ccc(C(=O)N(C)CCOc2ccc(Br)cc2)s1. The second-order valence-corrected chi connectivity index (χ2v) is 6.64. The summed E-state index contributed by atoms with van der Waals surface area (Å²) in [5.74, 6) is 0.850. The Kier molecular flexibility index (Phi) is 5.20. The van der Waals surface area contributed by atoms with Crippen molar-refractivity contribution in [3.05, 3.63) is 50.6 Å². The van der Waals surface area contributed by atoms with E-state index in [9.17, 15) is 4.79 Å². The molecule has 0 fully saturated rings. The van der Waals surface area contributed by atoms with Gasteiger partial charge in [-0.2, -0.15) is 0 Å². The van der Waals surface area contributed by atoms with E-state index in [1.165, 1.54) is 11.3 Å². The zero-order valence-corrected chi connectivity index (χ0v) is 13.8. The maximum absolute atomic E-state index is 12.1. The number of carbonyl (C=O) groups is 1. The van der Waals surface area contributed by atoms with Gasteiger partial charge in [0.05, 0.1) is 11.4 Å². The molecule has 0 aliphatic rings. The first-order valence-electron chi connectivity index (χ1n) is 6.26. The third kappa shape index (κ3) is 4.08. The molecule has 0 saturated carbocycles. The molecular formula is C15H16BrNO2S. The summed E-state index contributed by atoms with van der Waals surface area (Å²) < 4.78 is 6.63. The molecule has 0 unspecified atom stereocenters. The Labute approximate surface area is 131 Å². The molecule has 3 nitrogen and oxygen atoms in total. The first-order valence-corrected chi connectivity index (χ1v) is 7.87. The Bertz CT molecular complexity index is 580. The molecule has 2 aromatic rings. The summed E-state index contributed by atoms with van der Waals surface area (Å²) in [6, 6.07) is 11.5. The van der Waals surface area contributed by atoms with Crippen LogP contribution in [0.4, 0.5) is 0 Å². The van der Waals surface area contributed by atoms with E-state index in [0.29, 0.717) is 13.2 Å². The molecule has 5 heteroatoms. The molecule has 1 aromatic heterocycles. The first kappa shape index (κ1) is 15.1. The number of hydrogen-bond donors (Lipinski definition) is 0. The Balaban J connectivity index is 1.81. The van der Waals surface area contributed by atoms with Crippen LogP contribution in [0, 0.1) is 6.92 Å². The maximum Gasteiger partial charge on any atom is 0.263 e. The van der Waals surface area contributed by atoms with Gasteiger partial charge in [-0.3, -0.25) is 4.79 Å². The van der Waals surface area contributed by atoms with Gasteiger partial charge in [-0.25, -0.2) is 0 Å². The standard InChI is InChI=1S/C15H16BrNO2S/c1-11-3-8-14(20-11)15(18)17(2)9-10-19-13-6-4-12(16)5-7-13/h3-8H,9-10H2,1-2H3. The summed E-state index contributed by atoms with van der Waals surface area (Å²) in [6.45, 7) is 3.04. The largest absolute Gasteiger partial charge is 0.492 e. The van der Waals surface area contributed by atoms with Crippen LogP contribution in [0.5, 0.6) is 5.75 Å². The van der Waals surface area contributed by atoms with Gasteiger partial charge in [-0.15, -0.1) is 11.3 Å². The van der Waals surface area contributed by atoms with Crippen LogP contribution in [-0.2, 0) is 0 Å². The highest BCUT2D eigenvalue weighted by atomic mass is 79.9. The van der Waals surface area contributed by atoms with Crippen molar-refractivity contribution in [3.63, 3.8) is 0 Å². The molecule has 1 heterocycles. The molecule has 1 amide bonds. The van der Waals surface area contributed by atoms with Gasteiger partial charge in [0.2, 0.25) is 0 Å². The van der Waals surface area contributed by atoms with Crippen molar-refractivity contribution in [2.75, 3.05) is 20.2 Å². The molecule has 0 N–H and O–H groups in total. The van der Waals surface area contributed by atoms with E-state index in [2.05, 4.69) is 15.9 Å². The van der Waals surface area contributed by atoms with Crippen molar-refractivity contribution in [2.45, 2.75) is 6.92 Å². The Hall–Kier alpha value is -1.33. The van der Waals surface area contributed by atoms with Gasteiger partial charge in [0, 0.05) is 16.4 Å². The minimum atomic E-state index is 0.0440. The number of amides is 1. The number of carbonyl (C=O) groups excluding carboxylic acids is 1. The van der Waals surface area contributed by atoms with Crippen molar-refractivity contribution in [1.29, 1.82) is 0 Å². The van der Waals surface area contributed by atoms with E-state index in [1.807, 2.05) is 43.3 Å². The van der Waals surface area contributed by atoms with Gasteiger partial charge in [0.15, 0.2) is 0 Å². The number of benzene rings is 1. The second kappa shape index (κ2) is 6.90. The number of hydrogen-bond acceptors (Lipinski definition) is 3. The van der Waals surface area contributed by atoms with E-state index >= 15 is 0 Å². The number of likely N-dealkylation sites (N-methyl/N-ethyl adjacent to an activating group) is 1. The highest BCUT2D eigenvalue weighted by Gasteiger charge is 2.13. The summed E-state index contributed by atoms with van der Waals surface area (Å²) in [5.41, 5.74) is 0. The minimum Gasteiger partial charge on any atom is -0.492 e. The number of rotatable bonds is 5. The van der Waals surface area contributed by atoms with Crippen LogP contribution in [0.15, 0.2) is 40.9 Å². The number of thiophene rings is 1. The zero-order chi connectivity index (χ0) is 14.5. The Morgan fingerprint density at radius 1 is 1.25 bits per heavy atom. The fourth-order valence-corrected chi connectivity index (χ4v) is 2.80. The Morgan fingerprint density at radius 2 is 1.95 bits per heavy atom. The van der Waals surface area contributed by atoms with Gasteiger partial charge in [0.25, 0.3) is 5.91 Å². The summed E-state index contributed by atoms with van der Waals surface area (Å²) in [4.78, 5) is 15.7. The van der Waals surface area contributed by atoms with Crippen LogP contribution in [0.1, 0.15) is 14.5 Å². The van der Waals surface area contributed by atoms with Gasteiger partial charge in [0.1, 0.15) is 12.4 Å². The van der Waals surface area contributed by atoms with Gasteiger partial charge in [-0.05, 0) is 43.3 Å². The van der Waals surface area contributed by atoms with Crippen LogP contribution >= 0.6 is 27.3 Å². The summed E-state index contributed by atoms with van der Waals surface area (Å²) in [7, 11) is 1.79. The van der Waals surface area contributed by atoms with Gasteiger partial charge in [-0.1, -0.05) is 15.9 Å². The van der Waals surface area contributed by atoms with Crippen LogP contribution in [0.2, 0.25) is 0 Å².